The summed E-state index contributed by atoms with van der Waals surface area (Å²) in [6.07, 6.45) is 28.8. The number of rotatable bonds is 25. The van der Waals surface area contributed by atoms with E-state index in [4.69, 9.17) is 4.43 Å². The van der Waals surface area contributed by atoms with Gasteiger partial charge in [-0.1, -0.05) is 117 Å². The molecule has 3 heteroatoms. The van der Waals surface area contributed by atoms with Crippen LogP contribution in [0.15, 0.2) is 0 Å². The fraction of sp³-hybridized carbons (Fsp3) is 1.00. The Bertz CT molecular complexity index is 383. The van der Waals surface area contributed by atoms with Gasteiger partial charge in [0, 0.05) is 6.92 Å². The standard InChI is InChI=1S/C30H66NOSi/c1-8-10-12-14-16-18-20-22-24-26-28-31(4,30(3)32-33(5,6)7)29-27-25-23-21-19-17-15-13-11-9-2/h30H,8-29H2,1-7H3/q+1. The van der Waals surface area contributed by atoms with Crippen molar-refractivity contribution in [1.82, 2.24) is 0 Å². The largest absolute Gasteiger partial charge is 0.371 e. The number of hydrogen-bond acceptors (Lipinski definition) is 1. The summed E-state index contributed by atoms with van der Waals surface area (Å²) in [4.78, 5) is 0. The van der Waals surface area contributed by atoms with Crippen LogP contribution in [0.4, 0.5) is 0 Å². The first-order valence-corrected chi connectivity index (χ1v) is 18.7. The summed E-state index contributed by atoms with van der Waals surface area (Å²) in [5.74, 6) is 0. The molecule has 0 saturated heterocycles. The molecule has 0 heterocycles. The molecule has 0 spiro atoms. The van der Waals surface area contributed by atoms with Gasteiger partial charge >= 0.3 is 0 Å². The predicted octanol–water partition coefficient (Wildman–Crippen LogP) is 10.5. The summed E-state index contributed by atoms with van der Waals surface area (Å²) >= 11 is 0. The minimum Gasteiger partial charge on any atom is -0.371 e. The van der Waals surface area contributed by atoms with Gasteiger partial charge in [-0.05, 0) is 45.3 Å². The van der Waals surface area contributed by atoms with Gasteiger partial charge in [0.15, 0.2) is 14.5 Å². The molecule has 0 rings (SSSR count). The molecule has 0 aliphatic rings. The van der Waals surface area contributed by atoms with Crippen LogP contribution in [-0.2, 0) is 4.43 Å². The number of nitrogens with zero attached hydrogens (tertiary/aromatic N) is 1. The van der Waals surface area contributed by atoms with Crippen LogP contribution in [0.25, 0.3) is 0 Å². The Labute approximate surface area is 212 Å². The molecule has 1 atom stereocenters. The van der Waals surface area contributed by atoms with Gasteiger partial charge < -0.3 is 8.91 Å². The molecule has 0 amide bonds. The molecule has 1 unspecified atom stereocenters. The Kier molecular flexibility index (Phi) is 21.5. The van der Waals surface area contributed by atoms with E-state index in [1.807, 2.05) is 0 Å². The van der Waals surface area contributed by atoms with E-state index in [-0.39, 0.29) is 0 Å². The van der Waals surface area contributed by atoms with Crippen LogP contribution in [0.5, 0.6) is 0 Å². The third-order valence-corrected chi connectivity index (χ3v) is 8.50. The molecule has 33 heavy (non-hydrogen) atoms. The Hall–Kier alpha value is 0.137. The van der Waals surface area contributed by atoms with Crippen molar-refractivity contribution in [3.05, 3.63) is 0 Å². The van der Waals surface area contributed by atoms with E-state index in [1.54, 1.807) is 0 Å². The van der Waals surface area contributed by atoms with Gasteiger partial charge in [0.05, 0.1) is 20.1 Å². The second-order valence-electron chi connectivity index (χ2n) is 12.1. The fourth-order valence-corrected chi connectivity index (χ4v) is 6.31. The molecule has 0 aromatic rings. The van der Waals surface area contributed by atoms with Crippen LogP contribution in [0.3, 0.4) is 0 Å². The van der Waals surface area contributed by atoms with Gasteiger partial charge in [-0.3, -0.25) is 0 Å². The van der Waals surface area contributed by atoms with Gasteiger partial charge in [0.1, 0.15) is 0 Å². The van der Waals surface area contributed by atoms with Crippen LogP contribution < -0.4 is 0 Å². The van der Waals surface area contributed by atoms with E-state index in [2.05, 4.69) is 47.5 Å². The van der Waals surface area contributed by atoms with Crippen LogP contribution >= 0.6 is 0 Å². The monoisotopic (exact) mass is 484 g/mol. The summed E-state index contributed by atoms with van der Waals surface area (Å²) in [6, 6.07) is 0. The highest BCUT2D eigenvalue weighted by Gasteiger charge is 2.32. The lowest BCUT2D eigenvalue weighted by molar-refractivity contribution is -0.950. The second kappa shape index (κ2) is 21.4. The van der Waals surface area contributed by atoms with Gasteiger partial charge in [-0.25, -0.2) is 0 Å². The highest BCUT2D eigenvalue weighted by atomic mass is 28.4. The van der Waals surface area contributed by atoms with Crippen molar-refractivity contribution in [2.75, 3.05) is 20.1 Å². The van der Waals surface area contributed by atoms with Gasteiger partial charge in [-0.2, -0.15) is 0 Å². The molecule has 0 aromatic carbocycles. The molecule has 200 valence electrons. The zero-order valence-corrected chi connectivity index (χ0v) is 25.5. The number of hydrogen-bond donors (Lipinski definition) is 0. The minimum atomic E-state index is -1.50. The van der Waals surface area contributed by atoms with E-state index in [9.17, 15) is 0 Å². The molecule has 0 bridgehead atoms. The molecule has 0 aromatic heterocycles. The predicted molar refractivity (Wildman–Crippen MR) is 153 cm³/mol. The second-order valence-corrected chi connectivity index (χ2v) is 16.6. The van der Waals surface area contributed by atoms with Crippen molar-refractivity contribution in [3.63, 3.8) is 0 Å². The Morgan fingerprint density at radius 1 is 0.515 bits per heavy atom. The maximum atomic E-state index is 6.60. The topological polar surface area (TPSA) is 9.23 Å². The molecular formula is C30H66NOSi+. The molecule has 0 fully saturated rings. The first-order chi connectivity index (χ1) is 15.7. The summed E-state index contributed by atoms with van der Waals surface area (Å²) < 4.78 is 7.72. The van der Waals surface area contributed by atoms with Crippen molar-refractivity contribution in [2.45, 2.75) is 175 Å². The normalized spacial score (nSPS) is 13.5. The van der Waals surface area contributed by atoms with E-state index in [0.717, 1.165) is 4.48 Å². The van der Waals surface area contributed by atoms with Crippen molar-refractivity contribution in [2.24, 2.45) is 0 Å². The Morgan fingerprint density at radius 3 is 1.06 bits per heavy atom. The lowest BCUT2D eigenvalue weighted by Gasteiger charge is -2.42. The van der Waals surface area contributed by atoms with E-state index in [0.29, 0.717) is 6.23 Å². The number of quaternary nitrogens is 1. The zero-order chi connectivity index (χ0) is 24.8. The smallest absolute Gasteiger partial charge is 0.191 e. The minimum absolute atomic E-state index is 0.341. The highest BCUT2D eigenvalue weighted by molar-refractivity contribution is 6.69. The van der Waals surface area contributed by atoms with Crippen LogP contribution in [0.2, 0.25) is 19.6 Å². The first-order valence-electron chi connectivity index (χ1n) is 15.3. The molecule has 0 radical (unpaired) electrons. The zero-order valence-electron chi connectivity index (χ0n) is 24.5. The summed E-state index contributed by atoms with van der Waals surface area (Å²) in [5, 5.41) is 0. The van der Waals surface area contributed by atoms with E-state index in [1.165, 1.54) is 142 Å². The van der Waals surface area contributed by atoms with Crippen LogP contribution in [-0.4, -0.2) is 39.2 Å². The van der Waals surface area contributed by atoms with E-state index < -0.39 is 8.32 Å². The van der Waals surface area contributed by atoms with Crippen molar-refractivity contribution >= 4 is 8.32 Å². The van der Waals surface area contributed by atoms with Gasteiger partial charge in [-0.15, -0.1) is 0 Å². The summed E-state index contributed by atoms with van der Waals surface area (Å²) in [6.45, 7) is 16.6. The van der Waals surface area contributed by atoms with Gasteiger partial charge in [0.25, 0.3) is 0 Å². The third-order valence-electron chi connectivity index (χ3n) is 7.45. The number of unbranched alkanes of at least 4 members (excludes halogenated alkanes) is 18. The molecule has 0 aliphatic carbocycles. The third kappa shape index (κ3) is 21.2. The quantitative estimate of drug-likeness (QED) is 0.0541. The maximum Gasteiger partial charge on any atom is 0.191 e. The SMILES string of the molecule is CCCCCCCCCCCC[N+](C)(CCCCCCCCCCCC)C(C)O[Si](C)(C)C. The Morgan fingerprint density at radius 2 is 0.788 bits per heavy atom. The van der Waals surface area contributed by atoms with Crippen molar-refractivity contribution < 1.29 is 8.91 Å². The van der Waals surface area contributed by atoms with Crippen molar-refractivity contribution in [3.8, 4) is 0 Å². The van der Waals surface area contributed by atoms with Crippen LogP contribution in [0, 0.1) is 0 Å². The summed E-state index contributed by atoms with van der Waals surface area (Å²) in [7, 11) is 0.974. The Balaban J connectivity index is 4.15. The maximum absolute atomic E-state index is 6.60. The lowest BCUT2D eigenvalue weighted by Crippen LogP contribution is -2.55. The summed E-state index contributed by atoms with van der Waals surface area (Å²) in [5.41, 5.74) is 0. The molecular weight excluding hydrogens is 418 g/mol. The molecule has 0 N–H and O–H groups in total. The van der Waals surface area contributed by atoms with Crippen molar-refractivity contribution in [1.29, 1.82) is 0 Å². The van der Waals surface area contributed by atoms with E-state index >= 15 is 0 Å². The average Bonchev–Trinajstić information content (AvgIpc) is 2.75. The highest BCUT2D eigenvalue weighted by Crippen LogP contribution is 2.21. The lowest BCUT2D eigenvalue weighted by atomic mass is 10.1. The van der Waals surface area contributed by atoms with Crippen LogP contribution in [0.1, 0.15) is 149 Å². The fourth-order valence-electron chi connectivity index (χ4n) is 5.04. The first kappa shape index (κ1) is 33.1. The molecule has 2 nitrogen and oxygen atoms in total. The average molecular weight is 485 g/mol. The molecule has 0 aliphatic heterocycles. The van der Waals surface area contributed by atoms with Gasteiger partial charge in [0.2, 0.25) is 0 Å². The molecule has 0 saturated carbocycles.